The minimum Gasteiger partial charge on any atom is -0.355 e. The van der Waals surface area contributed by atoms with Gasteiger partial charge in [-0.1, -0.05) is 33.6 Å². The molecule has 0 spiro atoms. The maximum absolute atomic E-state index is 4.40. The molecule has 0 fully saturated rings. The van der Waals surface area contributed by atoms with Crippen LogP contribution in [0.5, 0.6) is 0 Å². The quantitative estimate of drug-likeness (QED) is 0.685. The first-order chi connectivity index (χ1) is 9.63. The largest absolute Gasteiger partial charge is 0.355 e. The summed E-state index contributed by atoms with van der Waals surface area (Å²) in [5.74, 6) is 0. The van der Waals surface area contributed by atoms with Crippen LogP contribution in [0, 0.1) is 13.8 Å². The monoisotopic (exact) mass is 326 g/mol. The summed E-state index contributed by atoms with van der Waals surface area (Å²) in [7, 11) is 0. The maximum atomic E-state index is 4.40. The van der Waals surface area contributed by atoms with Crippen LogP contribution < -0.4 is 5.32 Å². The lowest BCUT2D eigenvalue weighted by molar-refractivity contribution is 1.36. The van der Waals surface area contributed by atoms with E-state index >= 15 is 0 Å². The smallest absolute Gasteiger partial charge is 0.0723 e. The van der Waals surface area contributed by atoms with E-state index in [-0.39, 0.29) is 0 Å². The Bertz CT molecular complexity index is 781. The fourth-order valence-electron chi connectivity index (χ4n) is 2.33. The summed E-state index contributed by atoms with van der Waals surface area (Å²) in [6.45, 7) is 4.23. The summed E-state index contributed by atoms with van der Waals surface area (Å²) >= 11 is 3.52. The van der Waals surface area contributed by atoms with Crippen molar-refractivity contribution < 1.29 is 0 Å². The lowest BCUT2D eigenvalue weighted by Crippen LogP contribution is -1.95. The van der Waals surface area contributed by atoms with E-state index in [1.807, 2.05) is 24.4 Å². The number of fused-ring (bicyclic) bond motifs is 1. The fourth-order valence-corrected chi connectivity index (χ4v) is 2.69. The topological polar surface area (TPSA) is 24.9 Å². The molecular weight excluding hydrogens is 312 g/mol. The second-order valence-corrected chi connectivity index (χ2v) is 5.88. The Morgan fingerprint density at radius 3 is 2.60 bits per heavy atom. The molecule has 3 heteroatoms. The third kappa shape index (κ3) is 2.54. The molecule has 2 nitrogen and oxygen atoms in total. The van der Waals surface area contributed by atoms with Gasteiger partial charge in [0.25, 0.3) is 0 Å². The number of benzene rings is 2. The highest BCUT2D eigenvalue weighted by Gasteiger charge is 2.05. The number of hydrogen-bond donors (Lipinski definition) is 1. The van der Waals surface area contributed by atoms with Gasteiger partial charge in [-0.25, -0.2) is 0 Å². The van der Waals surface area contributed by atoms with E-state index in [0.29, 0.717) is 0 Å². The number of nitrogens with zero attached hydrogens (tertiary/aromatic N) is 1. The molecule has 0 saturated heterocycles. The van der Waals surface area contributed by atoms with Crippen LogP contribution in [0.4, 0.5) is 11.4 Å². The summed E-state index contributed by atoms with van der Waals surface area (Å²) in [6, 6.07) is 14.6. The first-order valence-corrected chi connectivity index (χ1v) is 7.31. The lowest BCUT2D eigenvalue weighted by atomic mass is 10.1. The second kappa shape index (κ2) is 5.25. The van der Waals surface area contributed by atoms with E-state index in [1.165, 1.54) is 11.1 Å². The predicted molar refractivity (Wildman–Crippen MR) is 88.6 cm³/mol. The number of aryl methyl sites for hydroxylation is 2. The Labute approximate surface area is 127 Å². The summed E-state index contributed by atoms with van der Waals surface area (Å²) < 4.78 is 1.06. The van der Waals surface area contributed by atoms with Crippen molar-refractivity contribution in [3.8, 4) is 0 Å². The van der Waals surface area contributed by atoms with Crippen LogP contribution in [0.3, 0.4) is 0 Å². The molecule has 0 bridgehead atoms. The van der Waals surface area contributed by atoms with Gasteiger partial charge in [-0.05, 0) is 49.7 Å². The molecule has 0 atom stereocenters. The van der Waals surface area contributed by atoms with Crippen molar-refractivity contribution >= 4 is 38.2 Å². The molecule has 0 saturated carbocycles. The lowest BCUT2D eigenvalue weighted by Gasteiger charge is -2.12. The summed E-state index contributed by atoms with van der Waals surface area (Å²) in [5, 5.41) is 4.62. The highest BCUT2D eigenvalue weighted by Crippen LogP contribution is 2.29. The zero-order valence-electron chi connectivity index (χ0n) is 11.4. The molecule has 0 radical (unpaired) electrons. The van der Waals surface area contributed by atoms with Gasteiger partial charge in [0, 0.05) is 27.4 Å². The van der Waals surface area contributed by atoms with E-state index in [2.05, 4.69) is 64.3 Å². The SMILES string of the molecule is Cc1ccc(Nc2ccnc3ccc(Br)cc23)c(C)c1. The van der Waals surface area contributed by atoms with Gasteiger partial charge in [-0.15, -0.1) is 0 Å². The molecule has 20 heavy (non-hydrogen) atoms. The Morgan fingerprint density at radius 1 is 0.950 bits per heavy atom. The number of aromatic nitrogens is 1. The predicted octanol–water partition coefficient (Wildman–Crippen LogP) is 5.36. The van der Waals surface area contributed by atoms with Crippen LogP contribution in [-0.4, -0.2) is 4.98 Å². The molecule has 3 rings (SSSR count). The first-order valence-electron chi connectivity index (χ1n) is 6.52. The Morgan fingerprint density at radius 2 is 1.80 bits per heavy atom. The Balaban J connectivity index is 2.08. The van der Waals surface area contributed by atoms with Gasteiger partial charge in [0.05, 0.1) is 5.52 Å². The third-order valence-electron chi connectivity index (χ3n) is 3.35. The van der Waals surface area contributed by atoms with Gasteiger partial charge in [-0.2, -0.15) is 0 Å². The zero-order valence-corrected chi connectivity index (χ0v) is 13.0. The van der Waals surface area contributed by atoms with E-state index < -0.39 is 0 Å². The molecule has 1 N–H and O–H groups in total. The number of pyridine rings is 1. The molecule has 1 heterocycles. The number of hydrogen-bond acceptors (Lipinski definition) is 2. The van der Waals surface area contributed by atoms with Crippen molar-refractivity contribution in [3.05, 3.63) is 64.3 Å². The van der Waals surface area contributed by atoms with Crippen LogP contribution in [0.1, 0.15) is 11.1 Å². The summed E-state index contributed by atoms with van der Waals surface area (Å²) in [4.78, 5) is 4.40. The molecule has 2 aromatic carbocycles. The highest BCUT2D eigenvalue weighted by molar-refractivity contribution is 9.10. The van der Waals surface area contributed by atoms with E-state index in [4.69, 9.17) is 0 Å². The van der Waals surface area contributed by atoms with E-state index in [0.717, 1.165) is 26.8 Å². The van der Waals surface area contributed by atoms with Crippen molar-refractivity contribution in [1.29, 1.82) is 0 Å². The molecule has 0 amide bonds. The third-order valence-corrected chi connectivity index (χ3v) is 3.85. The summed E-state index contributed by atoms with van der Waals surface area (Å²) in [6.07, 6.45) is 1.84. The maximum Gasteiger partial charge on any atom is 0.0723 e. The van der Waals surface area contributed by atoms with Gasteiger partial charge in [0.2, 0.25) is 0 Å². The van der Waals surface area contributed by atoms with Gasteiger partial charge in [0.1, 0.15) is 0 Å². The second-order valence-electron chi connectivity index (χ2n) is 4.96. The molecule has 0 aliphatic heterocycles. The minimum atomic E-state index is 0.989. The van der Waals surface area contributed by atoms with Crippen molar-refractivity contribution in [2.45, 2.75) is 13.8 Å². The molecule has 3 aromatic rings. The molecule has 1 aromatic heterocycles. The molecular formula is C17H15BrN2. The van der Waals surface area contributed by atoms with Gasteiger partial charge < -0.3 is 5.32 Å². The highest BCUT2D eigenvalue weighted by atomic mass is 79.9. The van der Waals surface area contributed by atoms with E-state index in [9.17, 15) is 0 Å². The van der Waals surface area contributed by atoms with Crippen LogP contribution in [-0.2, 0) is 0 Å². The number of halogens is 1. The van der Waals surface area contributed by atoms with Gasteiger partial charge >= 0.3 is 0 Å². The van der Waals surface area contributed by atoms with Crippen LogP contribution >= 0.6 is 15.9 Å². The van der Waals surface area contributed by atoms with Crippen LogP contribution in [0.25, 0.3) is 10.9 Å². The van der Waals surface area contributed by atoms with Crippen LogP contribution in [0.2, 0.25) is 0 Å². The average molecular weight is 327 g/mol. The summed E-state index contributed by atoms with van der Waals surface area (Å²) in [5.41, 5.74) is 5.70. The number of anilines is 2. The zero-order chi connectivity index (χ0) is 14.1. The van der Waals surface area contributed by atoms with Crippen molar-refractivity contribution in [2.75, 3.05) is 5.32 Å². The molecule has 0 aliphatic rings. The van der Waals surface area contributed by atoms with E-state index in [1.54, 1.807) is 0 Å². The van der Waals surface area contributed by atoms with Crippen molar-refractivity contribution in [1.82, 2.24) is 4.98 Å². The average Bonchev–Trinajstić information content (AvgIpc) is 2.42. The van der Waals surface area contributed by atoms with Crippen molar-refractivity contribution in [2.24, 2.45) is 0 Å². The Hall–Kier alpha value is -1.87. The standard InChI is InChI=1S/C17H15BrN2/c1-11-3-5-15(12(2)9-11)20-17-7-8-19-16-6-4-13(18)10-14(16)17/h3-10H,1-2H3,(H,19,20). The minimum absolute atomic E-state index is 0.989. The normalized spacial score (nSPS) is 10.8. The van der Waals surface area contributed by atoms with Gasteiger partial charge in [0.15, 0.2) is 0 Å². The number of nitrogens with one attached hydrogen (secondary N) is 1. The van der Waals surface area contributed by atoms with Crippen LogP contribution in [0.15, 0.2) is 53.1 Å². The molecule has 0 aliphatic carbocycles. The van der Waals surface area contributed by atoms with Crippen molar-refractivity contribution in [3.63, 3.8) is 0 Å². The molecule has 100 valence electrons. The fraction of sp³-hybridized carbons (Fsp3) is 0.118. The van der Waals surface area contributed by atoms with Gasteiger partial charge in [-0.3, -0.25) is 4.98 Å². The molecule has 0 unspecified atom stereocenters. The first kappa shape index (κ1) is 13.1. The Kier molecular flexibility index (Phi) is 3.45. The number of rotatable bonds is 2.